The van der Waals surface area contributed by atoms with Crippen LogP contribution in [-0.2, 0) is 17.9 Å². The Labute approximate surface area is 89.8 Å². The predicted octanol–water partition coefficient (Wildman–Crippen LogP) is 1.84. The minimum absolute atomic E-state index is 0.422. The molecule has 0 radical (unpaired) electrons. The molecular weight excluding hydrogens is 192 g/mol. The van der Waals surface area contributed by atoms with Gasteiger partial charge in [0.25, 0.3) is 0 Å². The number of nitrogens with zero attached hydrogens (tertiary/aromatic N) is 1. The van der Waals surface area contributed by atoms with Crippen molar-refractivity contribution in [2.75, 3.05) is 6.61 Å². The van der Waals surface area contributed by atoms with Gasteiger partial charge in [0.2, 0.25) is 0 Å². The Hall–Kier alpha value is -0.870. The summed E-state index contributed by atoms with van der Waals surface area (Å²) in [7, 11) is 0. The molecule has 15 heavy (non-hydrogen) atoms. The van der Waals surface area contributed by atoms with Crippen LogP contribution < -0.4 is 5.73 Å². The molecule has 1 fully saturated rings. The zero-order chi connectivity index (χ0) is 10.5. The van der Waals surface area contributed by atoms with E-state index in [9.17, 15) is 0 Å². The molecule has 4 heteroatoms. The van der Waals surface area contributed by atoms with Crippen molar-refractivity contribution in [3.8, 4) is 0 Å². The molecule has 1 heterocycles. The number of aromatic nitrogens is 1. The average Bonchev–Trinajstić information content (AvgIpc) is 2.62. The van der Waals surface area contributed by atoms with Gasteiger partial charge >= 0.3 is 0 Å². The number of ether oxygens (including phenoxy) is 1. The van der Waals surface area contributed by atoms with Gasteiger partial charge in [-0.3, -0.25) is 0 Å². The zero-order valence-electron chi connectivity index (χ0n) is 8.95. The minimum atomic E-state index is 0.422. The Morgan fingerprint density at radius 1 is 1.53 bits per heavy atom. The number of rotatable bonds is 6. The van der Waals surface area contributed by atoms with Crippen molar-refractivity contribution in [3.05, 3.63) is 17.5 Å². The first kappa shape index (κ1) is 10.6. The maximum absolute atomic E-state index is 5.51. The monoisotopic (exact) mass is 210 g/mol. The van der Waals surface area contributed by atoms with Crippen LogP contribution in [-0.4, -0.2) is 11.8 Å². The Kier molecular flexibility index (Phi) is 3.75. The Morgan fingerprint density at radius 3 is 3.00 bits per heavy atom. The second-order valence-corrected chi connectivity index (χ2v) is 4.13. The van der Waals surface area contributed by atoms with Gasteiger partial charge in [-0.05, 0) is 12.3 Å². The van der Waals surface area contributed by atoms with Crippen LogP contribution in [0.5, 0.6) is 0 Å². The van der Waals surface area contributed by atoms with Crippen LogP contribution in [0.3, 0.4) is 0 Å². The first-order valence-corrected chi connectivity index (χ1v) is 5.61. The van der Waals surface area contributed by atoms with Crippen molar-refractivity contribution in [2.24, 2.45) is 11.7 Å². The van der Waals surface area contributed by atoms with Gasteiger partial charge in [-0.25, -0.2) is 0 Å². The molecule has 1 aromatic rings. The van der Waals surface area contributed by atoms with Crippen LogP contribution in [0, 0.1) is 5.92 Å². The largest absolute Gasteiger partial charge is 0.373 e. The van der Waals surface area contributed by atoms with Gasteiger partial charge in [0, 0.05) is 19.2 Å². The summed E-state index contributed by atoms with van der Waals surface area (Å²) in [5.74, 6) is 1.67. The maximum atomic E-state index is 5.51. The van der Waals surface area contributed by atoms with Gasteiger partial charge in [0.15, 0.2) is 5.76 Å². The molecule has 4 nitrogen and oxygen atoms in total. The molecule has 1 aliphatic carbocycles. The number of nitrogens with two attached hydrogens (primary N) is 1. The molecule has 0 spiro atoms. The lowest BCUT2D eigenvalue weighted by Crippen LogP contribution is -2.13. The van der Waals surface area contributed by atoms with E-state index in [2.05, 4.69) is 5.16 Å². The molecule has 0 amide bonds. The van der Waals surface area contributed by atoms with E-state index >= 15 is 0 Å². The molecule has 0 saturated heterocycles. The van der Waals surface area contributed by atoms with Crippen LogP contribution in [0.15, 0.2) is 10.6 Å². The fourth-order valence-corrected chi connectivity index (χ4v) is 1.72. The highest BCUT2D eigenvalue weighted by Crippen LogP contribution is 2.29. The second kappa shape index (κ2) is 5.28. The molecule has 84 valence electrons. The van der Waals surface area contributed by atoms with E-state index in [1.807, 2.05) is 6.07 Å². The van der Waals surface area contributed by atoms with Gasteiger partial charge in [-0.1, -0.05) is 24.4 Å². The van der Waals surface area contributed by atoms with E-state index < -0.39 is 0 Å². The SMILES string of the molecule is NCc1cc(COCCC2CCC2)on1. The second-order valence-electron chi connectivity index (χ2n) is 4.13. The third-order valence-corrected chi connectivity index (χ3v) is 2.96. The van der Waals surface area contributed by atoms with Gasteiger partial charge in [-0.15, -0.1) is 0 Å². The first-order chi connectivity index (χ1) is 7.38. The molecule has 1 aliphatic rings. The molecule has 0 aromatic carbocycles. The Morgan fingerprint density at radius 2 is 2.40 bits per heavy atom. The van der Waals surface area contributed by atoms with Crippen molar-refractivity contribution in [1.29, 1.82) is 0 Å². The van der Waals surface area contributed by atoms with E-state index in [0.29, 0.717) is 13.2 Å². The van der Waals surface area contributed by atoms with Crippen molar-refractivity contribution < 1.29 is 9.26 Å². The minimum Gasteiger partial charge on any atom is -0.373 e. The quantitative estimate of drug-likeness (QED) is 0.728. The van der Waals surface area contributed by atoms with Crippen molar-refractivity contribution in [3.63, 3.8) is 0 Å². The molecule has 0 atom stereocenters. The third-order valence-electron chi connectivity index (χ3n) is 2.96. The highest BCUT2D eigenvalue weighted by atomic mass is 16.5. The summed E-state index contributed by atoms with van der Waals surface area (Å²) in [5.41, 5.74) is 6.20. The highest BCUT2D eigenvalue weighted by molar-refractivity contribution is 5.03. The molecular formula is C11H18N2O2. The van der Waals surface area contributed by atoms with E-state index in [1.54, 1.807) is 0 Å². The fraction of sp³-hybridized carbons (Fsp3) is 0.727. The zero-order valence-corrected chi connectivity index (χ0v) is 8.95. The summed E-state index contributed by atoms with van der Waals surface area (Å²) >= 11 is 0. The third kappa shape index (κ3) is 3.04. The van der Waals surface area contributed by atoms with E-state index in [1.165, 1.54) is 25.7 Å². The number of hydrogen-bond acceptors (Lipinski definition) is 4. The smallest absolute Gasteiger partial charge is 0.162 e. The maximum Gasteiger partial charge on any atom is 0.162 e. The molecule has 1 aromatic heterocycles. The molecule has 2 N–H and O–H groups in total. The molecule has 0 aliphatic heterocycles. The lowest BCUT2D eigenvalue weighted by atomic mass is 9.83. The van der Waals surface area contributed by atoms with E-state index in [-0.39, 0.29) is 0 Å². The van der Waals surface area contributed by atoms with Crippen LogP contribution >= 0.6 is 0 Å². The Balaban J connectivity index is 1.60. The van der Waals surface area contributed by atoms with Crippen molar-refractivity contribution >= 4 is 0 Å². The summed E-state index contributed by atoms with van der Waals surface area (Å²) in [6.45, 7) is 1.76. The lowest BCUT2D eigenvalue weighted by molar-refractivity contribution is 0.0799. The molecule has 1 saturated carbocycles. The lowest BCUT2D eigenvalue weighted by Gasteiger charge is -2.24. The van der Waals surface area contributed by atoms with Crippen LogP contribution in [0.25, 0.3) is 0 Å². The van der Waals surface area contributed by atoms with E-state index in [0.717, 1.165) is 24.0 Å². The van der Waals surface area contributed by atoms with E-state index in [4.69, 9.17) is 15.0 Å². The summed E-state index contributed by atoms with van der Waals surface area (Å²) in [4.78, 5) is 0. The average molecular weight is 210 g/mol. The summed E-state index contributed by atoms with van der Waals surface area (Å²) in [6.07, 6.45) is 5.33. The van der Waals surface area contributed by atoms with Gasteiger partial charge in [0.05, 0.1) is 5.69 Å². The van der Waals surface area contributed by atoms with Crippen molar-refractivity contribution in [1.82, 2.24) is 5.16 Å². The normalized spacial score (nSPS) is 16.6. The predicted molar refractivity (Wildman–Crippen MR) is 56.0 cm³/mol. The van der Waals surface area contributed by atoms with Crippen LogP contribution in [0.2, 0.25) is 0 Å². The van der Waals surface area contributed by atoms with Gasteiger partial charge in [0.1, 0.15) is 6.61 Å². The fourth-order valence-electron chi connectivity index (χ4n) is 1.72. The number of hydrogen-bond donors (Lipinski definition) is 1. The van der Waals surface area contributed by atoms with Crippen LogP contribution in [0.4, 0.5) is 0 Å². The van der Waals surface area contributed by atoms with Crippen LogP contribution in [0.1, 0.15) is 37.1 Å². The first-order valence-electron chi connectivity index (χ1n) is 5.61. The van der Waals surface area contributed by atoms with Crippen molar-refractivity contribution in [2.45, 2.75) is 38.8 Å². The summed E-state index contributed by atoms with van der Waals surface area (Å²) in [6, 6.07) is 1.85. The summed E-state index contributed by atoms with van der Waals surface area (Å²) < 4.78 is 10.6. The standard InChI is InChI=1S/C11H18N2O2/c12-7-10-6-11(15-13-10)8-14-5-4-9-2-1-3-9/h6,9H,1-5,7-8,12H2. The highest BCUT2D eigenvalue weighted by Gasteiger charge is 2.16. The summed E-state index contributed by atoms with van der Waals surface area (Å²) in [5, 5.41) is 3.80. The molecule has 0 bridgehead atoms. The molecule has 2 rings (SSSR count). The molecule has 0 unspecified atom stereocenters. The van der Waals surface area contributed by atoms with Gasteiger partial charge in [-0.2, -0.15) is 0 Å². The topological polar surface area (TPSA) is 61.3 Å². The Bertz CT molecular complexity index is 295. The van der Waals surface area contributed by atoms with Gasteiger partial charge < -0.3 is 15.0 Å².